The molecule has 1 amide bonds. The molecule has 0 radical (unpaired) electrons. The van der Waals surface area contributed by atoms with Gasteiger partial charge >= 0.3 is 6.09 Å². The molecule has 2 bridgehead atoms. The zero-order chi connectivity index (χ0) is 14.9. The van der Waals surface area contributed by atoms with E-state index in [1.54, 1.807) is 4.90 Å². The van der Waals surface area contributed by atoms with Crippen molar-refractivity contribution in [3.8, 4) is 0 Å². The molecule has 2 heterocycles. The number of hydrogen-bond acceptors (Lipinski definition) is 4. The van der Waals surface area contributed by atoms with Crippen LogP contribution in [0.15, 0.2) is 0 Å². The van der Waals surface area contributed by atoms with Crippen LogP contribution in [0.3, 0.4) is 0 Å². The lowest BCUT2D eigenvalue weighted by molar-refractivity contribution is -0.0539. The SMILES string of the molecule is O=C(OCC1CCC(F)(F)CC1)N1CC2COCC(C1)N2. The van der Waals surface area contributed by atoms with E-state index in [0.717, 1.165) is 0 Å². The standard InChI is InChI=1S/C14H22F2N2O3/c15-14(16)3-1-10(2-4-14)7-21-13(19)18-5-11-8-20-9-12(6-18)17-11/h10-12,17H,1-9H2. The third-order valence-electron chi connectivity index (χ3n) is 4.53. The first-order chi connectivity index (χ1) is 10.0. The summed E-state index contributed by atoms with van der Waals surface area (Å²) in [6.45, 7) is 2.64. The molecule has 2 unspecified atom stereocenters. The Kier molecular flexibility index (Phi) is 4.31. The highest BCUT2D eigenvalue weighted by molar-refractivity contribution is 5.68. The maximum atomic E-state index is 13.1. The van der Waals surface area contributed by atoms with Crippen LogP contribution in [0.4, 0.5) is 13.6 Å². The van der Waals surface area contributed by atoms with E-state index in [1.165, 1.54) is 0 Å². The van der Waals surface area contributed by atoms with E-state index >= 15 is 0 Å². The minimum atomic E-state index is -2.53. The van der Waals surface area contributed by atoms with Crippen molar-refractivity contribution in [1.29, 1.82) is 0 Å². The van der Waals surface area contributed by atoms with E-state index in [-0.39, 0.29) is 43.5 Å². The van der Waals surface area contributed by atoms with Crippen molar-refractivity contribution < 1.29 is 23.0 Å². The molecule has 3 rings (SSSR count). The van der Waals surface area contributed by atoms with Crippen molar-refractivity contribution >= 4 is 6.09 Å². The minimum Gasteiger partial charge on any atom is -0.449 e. The highest BCUT2D eigenvalue weighted by atomic mass is 19.3. The summed E-state index contributed by atoms with van der Waals surface area (Å²) >= 11 is 0. The summed E-state index contributed by atoms with van der Waals surface area (Å²) in [6.07, 6.45) is 0.349. The van der Waals surface area contributed by atoms with Gasteiger partial charge in [-0.25, -0.2) is 13.6 Å². The summed E-state index contributed by atoms with van der Waals surface area (Å²) in [5.41, 5.74) is 0. The number of carbonyl (C=O) groups is 1. The molecule has 1 N–H and O–H groups in total. The van der Waals surface area contributed by atoms with E-state index in [1.807, 2.05) is 0 Å². The van der Waals surface area contributed by atoms with Gasteiger partial charge in [0, 0.05) is 38.0 Å². The van der Waals surface area contributed by atoms with Gasteiger partial charge in [0.25, 0.3) is 0 Å². The molecule has 5 nitrogen and oxygen atoms in total. The number of nitrogens with zero attached hydrogens (tertiary/aromatic N) is 1. The Morgan fingerprint density at radius 1 is 1.24 bits per heavy atom. The predicted molar refractivity (Wildman–Crippen MR) is 71.4 cm³/mol. The number of fused-ring (bicyclic) bond motifs is 2. The van der Waals surface area contributed by atoms with Gasteiger partial charge in [0.2, 0.25) is 5.92 Å². The molecule has 0 aromatic heterocycles. The highest BCUT2D eigenvalue weighted by Gasteiger charge is 2.36. The molecule has 0 spiro atoms. The minimum absolute atomic E-state index is 0.0688. The monoisotopic (exact) mass is 304 g/mol. The smallest absolute Gasteiger partial charge is 0.409 e. The summed E-state index contributed by atoms with van der Waals surface area (Å²) in [6, 6.07) is 0.330. The van der Waals surface area contributed by atoms with Crippen LogP contribution in [0.1, 0.15) is 25.7 Å². The molecule has 0 aromatic carbocycles. The molecule has 2 atom stereocenters. The summed E-state index contributed by atoms with van der Waals surface area (Å²) in [5, 5.41) is 3.39. The second-order valence-electron chi connectivity index (χ2n) is 6.38. The Morgan fingerprint density at radius 2 is 1.86 bits per heavy atom. The Labute approximate surface area is 122 Å². The van der Waals surface area contributed by atoms with Gasteiger partial charge in [-0.05, 0) is 18.8 Å². The van der Waals surface area contributed by atoms with Crippen molar-refractivity contribution in [2.75, 3.05) is 32.9 Å². The maximum absolute atomic E-state index is 13.1. The van der Waals surface area contributed by atoms with Crippen LogP contribution in [0.2, 0.25) is 0 Å². The average molecular weight is 304 g/mol. The number of ether oxygens (including phenoxy) is 2. The van der Waals surface area contributed by atoms with E-state index in [4.69, 9.17) is 9.47 Å². The molecule has 1 aliphatic carbocycles. The molecular weight excluding hydrogens is 282 g/mol. The van der Waals surface area contributed by atoms with Gasteiger partial charge in [0.05, 0.1) is 19.8 Å². The predicted octanol–water partition coefficient (Wildman–Crippen LogP) is 1.62. The van der Waals surface area contributed by atoms with Crippen molar-refractivity contribution in [3.05, 3.63) is 0 Å². The first-order valence-electron chi connectivity index (χ1n) is 7.65. The summed E-state index contributed by atoms with van der Waals surface area (Å²) < 4.78 is 36.9. The quantitative estimate of drug-likeness (QED) is 0.842. The molecule has 7 heteroatoms. The lowest BCUT2D eigenvalue weighted by atomic mass is 9.87. The number of piperazine rings is 1. The Morgan fingerprint density at radius 3 is 2.48 bits per heavy atom. The van der Waals surface area contributed by atoms with Crippen LogP contribution >= 0.6 is 0 Å². The second kappa shape index (κ2) is 6.04. The van der Waals surface area contributed by atoms with E-state index in [9.17, 15) is 13.6 Å². The zero-order valence-electron chi connectivity index (χ0n) is 12.0. The third-order valence-corrected chi connectivity index (χ3v) is 4.53. The van der Waals surface area contributed by atoms with Crippen molar-refractivity contribution in [2.24, 2.45) is 5.92 Å². The number of amides is 1. The first-order valence-corrected chi connectivity index (χ1v) is 7.65. The zero-order valence-corrected chi connectivity index (χ0v) is 12.0. The number of halogens is 2. The van der Waals surface area contributed by atoms with Gasteiger partial charge in [0.1, 0.15) is 0 Å². The fraction of sp³-hybridized carbons (Fsp3) is 0.929. The largest absolute Gasteiger partial charge is 0.449 e. The van der Waals surface area contributed by atoms with Gasteiger partial charge in [-0.3, -0.25) is 0 Å². The van der Waals surface area contributed by atoms with Crippen LogP contribution < -0.4 is 5.32 Å². The molecule has 1 saturated carbocycles. The van der Waals surface area contributed by atoms with E-state index in [0.29, 0.717) is 39.1 Å². The molecule has 0 aromatic rings. The topological polar surface area (TPSA) is 50.8 Å². The number of hydrogen-bond donors (Lipinski definition) is 1. The number of carbonyl (C=O) groups excluding carboxylic acids is 1. The average Bonchev–Trinajstić information content (AvgIpc) is 2.45. The van der Waals surface area contributed by atoms with Crippen LogP contribution in [-0.4, -0.2) is 61.9 Å². The Hall–Kier alpha value is -0.950. The maximum Gasteiger partial charge on any atom is 0.409 e. The fourth-order valence-corrected chi connectivity index (χ4v) is 3.30. The van der Waals surface area contributed by atoms with Gasteiger partial charge in [-0.1, -0.05) is 0 Å². The second-order valence-corrected chi connectivity index (χ2v) is 6.38. The van der Waals surface area contributed by atoms with Crippen LogP contribution in [0.25, 0.3) is 0 Å². The van der Waals surface area contributed by atoms with E-state index < -0.39 is 5.92 Å². The van der Waals surface area contributed by atoms with Crippen molar-refractivity contribution in [1.82, 2.24) is 10.2 Å². The fourth-order valence-electron chi connectivity index (χ4n) is 3.30. The molecule has 2 saturated heterocycles. The molecule has 3 aliphatic rings. The number of morpholine rings is 1. The first kappa shape index (κ1) is 15.0. The third kappa shape index (κ3) is 3.83. The van der Waals surface area contributed by atoms with E-state index in [2.05, 4.69) is 5.32 Å². The Balaban J connectivity index is 1.42. The van der Waals surface area contributed by atoms with Gasteiger partial charge in [-0.2, -0.15) is 0 Å². The lowest BCUT2D eigenvalue weighted by Crippen LogP contribution is -2.63. The molecular formula is C14H22F2N2O3. The summed E-state index contributed by atoms with van der Waals surface area (Å²) in [4.78, 5) is 13.8. The summed E-state index contributed by atoms with van der Waals surface area (Å²) in [5.74, 6) is -2.46. The normalized spacial score (nSPS) is 32.8. The highest BCUT2D eigenvalue weighted by Crippen LogP contribution is 2.36. The number of rotatable bonds is 2. The molecule has 3 fully saturated rings. The van der Waals surface area contributed by atoms with Gasteiger partial charge in [0.15, 0.2) is 0 Å². The van der Waals surface area contributed by atoms with Crippen molar-refractivity contribution in [2.45, 2.75) is 43.7 Å². The number of alkyl halides is 2. The van der Waals surface area contributed by atoms with Crippen molar-refractivity contribution in [3.63, 3.8) is 0 Å². The number of nitrogens with one attached hydrogen (secondary N) is 1. The van der Waals surface area contributed by atoms with Gasteiger partial charge < -0.3 is 19.7 Å². The van der Waals surface area contributed by atoms with Crippen LogP contribution in [0.5, 0.6) is 0 Å². The Bertz CT molecular complexity index is 372. The molecule has 2 aliphatic heterocycles. The molecule has 120 valence electrons. The summed E-state index contributed by atoms with van der Waals surface area (Å²) in [7, 11) is 0. The van der Waals surface area contributed by atoms with Gasteiger partial charge in [-0.15, -0.1) is 0 Å². The van der Waals surface area contributed by atoms with Crippen LogP contribution in [0, 0.1) is 5.92 Å². The van der Waals surface area contributed by atoms with Crippen LogP contribution in [-0.2, 0) is 9.47 Å². The molecule has 21 heavy (non-hydrogen) atoms. The lowest BCUT2D eigenvalue weighted by Gasteiger charge is -2.41.